The molecule has 3 nitrogen and oxygen atoms in total. The van der Waals surface area contributed by atoms with Crippen LogP contribution in [0.25, 0.3) is 0 Å². The van der Waals surface area contributed by atoms with Crippen molar-refractivity contribution in [1.29, 1.82) is 0 Å². The number of anilines is 1. The average molecular weight is 352 g/mol. The van der Waals surface area contributed by atoms with Gasteiger partial charge in [0.15, 0.2) is 0 Å². The number of esters is 1. The molecule has 0 spiro atoms. The minimum Gasteiger partial charge on any atom is -0.465 e. The summed E-state index contributed by atoms with van der Waals surface area (Å²) in [4.78, 5) is 13.2. The number of rotatable bonds is 12. The normalized spacial score (nSPS) is 12.2. The van der Waals surface area contributed by atoms with Crippen LogP contribution in [0.15, 0.2) is 29.2 Å². The molecular weight excluding hydrogens is 318 g/mol. The van der Waals surface area contributed by atoms with Gasteiger partial charge in [0, 0.05) is 17.1 Å². The van der Waals surface area contributed by atoms with Crippen molar-refractivity contribution >= 4 is 23.4 Å². The van der Waals surface area contributed by atoms with Gasteiger partial charge in [-0.15, -0.1) is 11.8 Å². The summed E-state index contributed by atoms with van der Waals surface area (Å²) in [5.74, 6) is 0.127. The molecule has 1 atom stereocenters. The number of nitrogens with one attached hydrogen (secondary N) is 1. The highest BCUT2D eigenvalue weighted by molar-refractivity contribution is 8.00. The molecule has 4 heteroatoms. The van der Waals surface area contributed by atoms with Crippen molar-refractivity contribution < 1.29 is 9.53 Å². The topological polar surface area (TPSA) is 38.3 Å². The Bertz CT molecular complexity index is 459. The van der Waals surface area contributed by atoms with Gasteiger partial charge in [0.1, 0.15) is 5.25 Å². The molecule has 1 aromatic carbocycles. The lowest BCUT2D eigenvalue weighted by molar-refractivity contribution is -0.143. The first-order chi connectivity index (χ1) is 11.6. The van der Waals surface area contributed by atoms with Crippen molar-refractivity contribution in [3.63, 3.8) is 0 Å². The summed E-state index contributed by atoms with van der Waals surface area (Å²) in [6.07, 6.45) is 6.47. The summed E-state index contributed by atoms with van der Waals surface area (Å²) in [5, 5.41) is 3.32. The van der Waals surface area contributed by atoms with Gasteiger partial charge in [0.05, 0.1) is 6.61 Å². The maximum Gasteiger partial charge on any atom is 0.319 e. The summed E-state index contributed by atoms with van der Waals surface area (Å²) in [5.41, 5.74) is 1.15. The summed E-state index contributed by atoms with van der Waals surface area (Å²) in [6.45, 7) is 9.66. The van der Waals surface area contributed by atoms with Crippen LogP contribution in [0.1, 0.15) is 59.8 Å². The van der Waals surface area contributed by atoms with Crippen LogP contribution in [0, 0.1) is 5.92 Å². The molecule has 0 radical (unpaired) electrons. The van der Waals surface area contributed by atoms with Gasteiger partial charge in [-0.2, -0.15) is 0 Å². The molecule has 1 aromatic rings. The molecule has 0 aliphatic heterocycles. The van der Waals surface area contributed by atoms with E-state index >= 15 is 0 Å². The standard InChI is InChI=1S/C20H33NO2S/c1-5-7-8-9-10-15-21-17-11-13-18(14-12-17)24-19(16(3)4)20(22)23-6-2/h11-14,16,19,21H,5-10,15H2,1-4H3. The zero-order valence-corrected chi connectivity index (χ0v) is 16.5. The molecule has 1 N–H and O–H groups in total. The molecular formula is C20H33NO2S. The Morgan fingerprint density at radius 1 is 1.08 bits per heavy atom. The number of ether oxygens (including phenoxy) is 1. The fraction of sp³-hybridized carbons (Fsp3) is 0.650. The summed E-state index contributed by atoms with van der Waals surface area (Å²) in [6, 6.07) is 8.35. The van der Waals surface area contributed by atoms with E-state index < -0.39 is 0 Å². The van der Waals surface area contributed by atoms with Crippen LogP contribution in [0.3, 0.4) is 0 Å². The van der Waals surface area contributed by atoms with E-state index in [4.69, 9.17) is 4.74 Å². The molecule has 0 saturated carbocycles. The Kier molecular flexibility index (Phi) is 10.6. The third-order valence-corrected chi connectivity index (χ3v) is 5.39. The molecule has 0 aliphatic rings. The molecule has 0 fully saturated rings. The lowest BCUT2D eigenvalue weighted by Crippen LogP contribution is -2.25. The molecule has 0 aromatic heterocycles. The van der Waals surface area contributed by atoms with Crippen molar-refractivity contribution in [3.8, 4) is 0 Å². The molecule has 0 bridgehead atoms. The smallest absolute Gasteiger partial charge is 0.319 e. The highest BCUT2D eigenvalue weighted by Crippen LogP contribution is 2.30. The van der Waals surface area contributed by atoms with Gasteiger partial charge in [-0.3, -0.25) is 4.79 Å². The fourth-order valence-corrected chi connectivity index (χ4v) is 3.46. The number of hydrogen-bond donors (Lipinski definition) is 1. The minimum absolute atomic E-state index is 0.119. The molecule has 1 rings (SSSR count). The Morgan fingerprint density at radius 2 is 1.75 bits per heavy atom. The zero-order valence-electron chi connectivity index (χ0n) is 15.6. The predicted octanol–water partition coefficient (Wildman–Crippen LogP) is 5.75. The van der Waals surface area contributed by atoms with Crippen molar-refractivity contribution in [1.82, 2.24) is 0 Å². The maximum absolute atomic E-state index is 12.0. The van der Waals surface area contributed by atoms with E-state index in [1.807, 2.05) is 6.92 Å². The number of carbonyl (C=O) groups is 1. The van der Waals surface area contributed by atoms with Crippen molar-refractivity contribution in [2.24, 2.45) is 5.92 Å². The van der Waals surface area contributed by atoms with Crippen LogP contribution in [-0.4, -0.2) is 24.4 Å². The first kappa shape index (κ1) is 20.9. The Balaban J connectivity index is 2.44. The van der Waals surface area contributed by atoms with E-state index in [9.17, 15) is 4.79 Å². The summed E-state index contributed by atoms with van der Waals surface area (Å²) < 4.78 is 5.18. The lowest BCUT2D eigenvalue weighted by Gasteiger charge is -2.18. The summed E-state index contributed by atoms with van der Waals surface area (Å²) in [7, 11) is 0. The largest absolute Gasteiger partial charge is 0.465 e. The van der Waals surface area contributed by atoms with Crippen molar-refractivity contribution in [2.45, 2.75) is 69.9 Å². The van der Waals surface area contributed by atoms with Gasteiger partial charge < -0.3 is 10.1 Å². The quantitative estimate of drug-likeness (QED) is 0.296. The van der Waals surface area contributed by atoms with Crippen molar-refractivity contribution in [2.75, 3.05) is 18.5 Å². The number of hydrogen-bond acceptors (Lipinski definition) is 4. The molecule has 0 amide bonds. The minimum atomic E-state index is -0.151. The van der Waals surface area contributed by atoms with Crippen LogP contribution in [0.2, 0.25) is 0 Å². The second-order valence-corrected chi connectivity index (χ2v) is 7.61. The molecule has 0 saturated heterocycles. The van der Waals surface area contributed by atoms with Gasteiger partial charge in [0.25, 0.3) is 0 Å². The molecule has 0 aliphatic carbocycles. The number of thioether (sulfide) groups is 1. The number of benzene rings is 1. The third kappa shape index (κ3) is 8.09. The third-order valence-electron chi connectivity index (χ3n) is 3.85. The monoisotopic (exact) mass is 351 g/mol. The Morgan fingerprint density at radius 3 is 2.33 bits per heavy atom. The second-order valence-electron chi connectivity index (χ2n) is 6.40. The van der Waals surface area contributed by atoms with Crippen LogP contribution in [0.4, 0.5) is 5.69 Å². The SMILES string of the molecule is CCCCCCCNc1ccc(SC(C(=O)OCC)C(C)C)cc1. The fourth-order valence-electron chi connectivity index (χ4n) is 2.44. The van der Waals surface area contributed by atoms with E-state index in [0.29, 0.717) is 6.61 Å². The second kappa shape index (κ2) is 12.2. The predicted molar refractivity (Wildman–Crippen MR) is 105 cm³/mol. The van der Waals surface area contributed by atoms with Gasteiger partial charge in [0.2, 0.25) is 0 Å². The van der Waals surface area contributed by atoms with Crippen LogP contribution >= 0.6 is 11.8 Å². The van der Waals surface area contributed by atoms with E-state index in [-0.39, 0.29) is 17.1 Å². The average Bonchev–Trinajstić information content (AvgIpc) is 2.57. The maximum atomic E-state index is 12.0. The zero-order chi connectivity index (χ0) is 17.8. The van der Waals surface area contributed by atoms with Crippen LogP contribution in [0.5, 0.6) is 0 Å². The Labute approximate surface area is 151 Å². The molecule has 24 heavy (non-hydrogen) atoms. The van der Waals surface area contributed by atoms with Crippen LogP contribution < -0.4 is 5.32 Å². The number of carbonyl (C=O) groups excluding carboxylic acids is 1. The van der Waals surface area contributed by atoms with E-state index in [2.05, 4.69) is 50.4 Å². The highest BCUT2D eigenvalue weighted by atomic mass is 32.2. The first-order valence-corrected chi connectivity index (χ1v) is 10.1. The van der Waals surface area contributed by atoms with E-state index in [1.165, 1.54) is 32.1 Å². The van der Waals surface area contributed by atoms with Crippen molar-refractivity contribution in [3.05, 3.63) is 24.3 Å². The first-order valence-electron chi connectivity index (χ1n) is 9.25. The molecule has 0 heterocycles. The number of unbranched alkanes of at least 4 members (excludes halogenated alkanes) is 4. The van der Waals surface area contributed by atoms with E-state index in [1.54, 1.807) is 11.8 Å². The lowest BCUT2D eigenvalue weighted by atomic mass is 10.1. The van der Waals surface area contributed by atoms with Gasteiger partial charge in [-0.05, 0) is 43.5 Å². The van der Waals surface area contributed by atoms with Gasteiger partial charge in [-0.1, -0.05) is 46.5 Å². The Hall–Kier alpha value is -1.16. The van der Waals surface area contributed by atoms with Gasteiger partial charge in [-0.25, -0.2) is 0 Å². The summed E-state index contributed by atoms with van der Waals surface area (Å²) >= 11 is 1.59. The van der Waals surface area contributed by atoms with E-state index in [0.717, 1.165) is 17.1 Å². The highest BCUT2D eigenvalue weighted by Gasteiger charge is 2.24. The molecule has 136 valence electrons. The van der Waals surface area contributed by atoms with Gasteiger partial charge >= 0.3 is 5.97 Å². The molecule has 1 unspecified atom stereocenters. The van der Waals surface area contributed by atoms with Crippen LogP contribution in [-0.2, 0) is 9.53 Å².